The Hall–Kier alpha value is -2.78. The van der Waals surface area contributed by atoms with E-state index in [4.69, 9.17) is 34.8 Å². The number of amides is 2. The number of anilines is 1. The number of nitrogens with one attached hydrogen (secondary N) is 1. The summed E-state index contributed by atoms with van der Waals surface area (Å²) in [6, 6.07) is 16.8. The molecule has 0 saturated heterocycles. The quantitative estimate of drug-likeness (QED) is 0.295. The van der Waals surface area contributed by atoms with Crippen molar-refractivity contribution < 1.29 is 18.0 Å². The van der Waals surface area contributed by atoms with E-state index in [0.29, 0.717) is 10.6 Å². The molecule has 3 aromatic carbocycles. The van der Waals surface area contributed by atoms with E-state index in [2.05, 4.69) is 5.32 Å². The van der Waals surface area contributed by atoms with Crippen LogP contribution in [0.2, 0.25) is 15.1 Å². The monoisotopic (exact) mass is 623 g/mol. The van der Waals surface area contributed by atoms with Gasteiger partial charge in [0.15, 0.2) is 0 Å². The minimum Gasteiger partial charge on any atom is -0.350 e. The van der Waals surface area contributed by atoms with E-state index >= 15 is 0 Å². The van der Waals surface area contributed by atoms with Crippen LogP contribution in [0.5, 0.6) is 0 Å². The first-order valence-corrected chi connectivity index (χ1v) is 15.1. The van der Waals surface area contributed by atoms with E-state index in [-0.39, 0.29) is 27.2 Å². The second-order valence-corrected chi connectivity index (χ2v) is 13.5. The topological polar surface area (TPSA) is 86.8 Å². The van der Waals surface area contributed by atoms with Crippen LogP contribution in [0.4, 0.5) is 5.69 Å². The van der Waals surface area contributed by atoms with Crippen molar-refractivity contribution in [2.45, 2.75) is 57.6 Å². The average molecular weight is 625 g/mol. The molecule has 0 aliphatic heterocycles. The molecule has 0 unspecified atom stereocenters. The molecular formula is C29H32Cl3N3O4S. The van der Waals surface area contributed by atoms with Gasteiger partial charge < -0.3 is 10.2 Å². The SMILES string of the molecule is Cc1ccc(S(=O)(=O)N(CC(=O)N(Cc2ccccc2Cl)[C@H](C)C(=O)NC(C)(C)C)c2cccc(Cl)c2Cl)cc1. The first-order valence-electron chi connectivity index (χ1n) is 12.5. The van der Waals surface area contributed by atoms with E-state index in [9.17, 15) is 18.0 Å². The normalized spacial score (nSPS) is 12.5. The lowest BCUT2D eigenvalue weighted by atomic mass is 10.1. The summed E-state index contributed by atoms with van der Waals surface area (Å²) in [5.74, 6) is -1.04. The number of aryl methyl sites for hydroxylation is 1. The molecular weight excluding hydrogens is 593 g/mol. The van der Waals surface area contributed by atoms with Crippen LogP contribution in [0.25, 0.3) is 0 Å². The highest BCUT2D eigenvalue weighted by Crippen LogP contribution is 2.35. The number of benzene rings is 3. The molecule has 0 spiro atoms. The highest BCUT2D eigenvalue weighted by Gasteiger charge is 2.34. The zero-order chi connectivity index (χ0) is 29.8. The summed E-state index contributed by atoms with van der Waals surface area (Å²) >= 11 is 19.1. The summed E-state index contributed by atoms with van der Waals surface area (Å²) in [7, 11) is -4.28. The lowest BCUT2D eigenvalue weighted by Gasteiger charge is -2.34. The lowest BCUT2D eigenvalue weighted by molar-refractivity contribution is -0.140. The standard InChI is InChI=1S/C29H32Cl3N3O4S/c1-19-13-15-22(16-14-19)40(38,39)35(25-12-8-11-24(31)27(25)32)18-26(36)34(17-21-9-6-7-10-23(21)30)20(2)28(37)33-29(3,4)5/h6-16,20H,17-18H2,1-5H3,(H,33,37)/t20-/m1/s1. The fraction of sp³-hybridized carbons (Fsp3) is 0.310. The van der Waals surface area contributed by atoms with Crippen molar-refractivity contribution in [3.05, 3.63) is 92.9 Å². The number of sulfonamides is 1. The predicted octanol–water partition coefficient (Wildman–Crippen LogP) is 6.48. The van der Waals surface area contributed by atoms with E-state index in [1.54, 1.807) is 49.4 Å². The molecule has 2 amide bonds. The van der Waals surface area contributed by atoms with Crippen molar-refractivity contribution in [2.75, 3.05) is 10.8 Å². The van der Waals surface area contributed by atoms with Crippen LogP contribution in [0.15, 0.2) is 71.6 Å². The van der Waals surface area contributed by atoms with Crippen LogP contribution in [-0.4, -0.2) is 43.3 Å². The molecule has 0 aliphatic rings. The Kier molecular flexibility index (Phi) is 10.2. The Balaban J connectivity index is 2.09. The molecule has 3 aromatic rings. The summed E-state index contributed by atoms with van der Waals surface area (Å²) in [5, 5.41) is 3.39. The van der Waals surface area contributed by atoms with Crippen LogP contribution >= 0.6 is 34.8 Å². The fourth-order valence-corrected chi connectivity index (χ4v) is 5.97. The minimum absolute atomic E-state index is 0.0242. The zero-order valence-corrected chi connectivity index (χ0v) is 26.0. The molecule has 11 heteroatoms. The largest absolute Gasteiger partial charge is 0.350 e. The van der Waals surface area contributed by atoms with E-state index in [1.807, 2.05) is 27.7 Å². The van der Waals surface area contributed by atoms with Gasteiger partial charge in [-0.2, -0.15) is 0 Å². The molecule has 7 nitrogen and oxygen atoms in total. The summed E-state index contributed by atoms with van der Waals surface area (Å²) in [6.07, 6.45) is 0. The molecule has 0 aliphatic carbocycles. The number of hydrogen-bond acceptors (Lipinski definition) is 4. The average Bonchev–Trinajstić information content (AvgIpc) is 2.87. The Morgan fingerprint density at radius 3 is 2.10 bits per heavy atom. The summed E-state index contributed by atoms with van der Waals surface area (Å²) in [5.41, 5.74) is 0.945. The Bertz CT molecular complexity index is 1490. The van der Waals surface area contributed by atoms with Crippen LogP contribution in [0, 0.1) is 6.92 Å². The van der Waals surface area contributed by atoms with E-state index < -0.39 is 40.0 Å². The van der Waals surface area contributed by atoms with Crippen LogP contribution < -0.4 is 9.62 Å². The van der Waals surface area contributed by atoms with Gasteiger partial charge in [-0.25, -0.2) is 8.42 Å². The van der Waals surface area contributed by atoms with Gasteiger partial charge in [0.05, 0.1) is 20.6 Å². The molecule has 0 aromatic heterocycles. The number of rotatable bonds is 9. The van der Waals surface area contributed by atoms with Crippen molar-refractivity contribution in [2.24, 2.45) is 0 Å². The van der Waals surface area contributed by atoms with Gasteiger partial charge in [0, 0.05) is 17.1 Å². The molecule has 0 radical (unpaired) electrons. The molecule has 3 rings (SSSR count). The second kappa shape index (κ2) is 12.8. The number of halogens is 3. The van der Waals surface area contributed by atoms with Gasteiger partial charge in [-0.1, -0.05) is 76.8 Å². The zero-order valence-electron chi connectivity index (χ0n) is 22.9. The van der Waals surface area contributed by atoms with Gasteiger partial charge in [-0.15, -0.1) is 0 Å². The molecule has 1 atom stereocenters. The Morgan fingerprint density at radius 1 is 0.900 bits per heavy atom. The third-order valence-corrected chi connectivity index (χ3v) is 9.00. The number of nitrogens with zero attached hydrogens (tertiary/aromatic N) is 2. The predicted molar refractivity (Wildman–Crippen MR) is 162 cm³/mol. The first kappa shape index (κ1) is 31.7. The molecule has 1 N–H and O–H groups in total. The smallest absolute Gasteiger partial charge is 0.264 e. The molecule has 0 bridgehead atoms. The van der Waals surface area contributed by atoms with E-state index in [1.165, 1.54) is 29.2 Å². The van der Waals surface area contributed by atoms with Crippen molar-refractivity contribution >= 4 is 62.3 Å². The van der Waals surface area contributed by atoms with Crippen molar-refractivity contribution in [1.82, 2.24) is 10.2 Å². The Morgan fingerprint density at radius 2 is 1.50 bits per heavy atom. The number of carbonyl (C=O) groups is 2. The maximum absolute atomic E-state index is 14.0. The number of hydrogen-bond donors (Lipinski definition) is 1. The van der Waals surface area contributed by atoms with Crippen molar-refractivity contribution in [3.63, 3.8) is 0 Å². The summed E-state index contributed by atoms with van der Waals surface area (Å²) < 4.78 is 28.8. The third kappa shape index (κ3) is 7.69. The van der Waals surface area contributed by atoms with Crippen LogP contribution in [-0.2, 0) is 26.2 Å². The molecule has 0 heterocycles. The van der Waals surface area contributed by atoms with Gasteiger partial charge in [-0.3, -0.25) is 13.9 Å². The van der Waals surface area contributed by atoms with Crippen LogP contribution in [0.3, 0.4) is 0 Å². The molecule has 0 saturated carbocycles. The van der Waals surface area contributed by atoms with Gasteiger partial charge >= 0.3 is 0 Å². The van der Waals surface area contributed by atoms with Crippen molar-refractivity contribution in [1.29, 1.82) is 0 Å². The first-order chi connectivity index (χ1) is 18.6. The maximum Gasteiger partial charge on any atom is 0.264 e. The summed E-state index contributed by atoms with van der Waals surface area (Å²) in [4.78, 5) is 28.5. The molecule has 40 heavy (non-hydrogen) atoms. The fourth-order valence-electron chi connectivity index (χ4n) is 3.90. The summed E-state index contributed by atoms with van der Waals surface area (Å²) in [6.45, 7) is 8.23. The van der Waals surface area contributed by atoms with Gasteiger partial charge in [-0.05, 0) is 70.5 Å². The lowest BCUT2D eigenvalue weighted by Crippen LogP contribution is -2.54. The van der Waals surface area contributed by atoms with Crippen molar-refractivity contribution in [3.8, 4) is 0 Å². The second-order valence-electron chi connectivity index (χ2n) is 10.4. The highest BCUT2D eigenvalue weighted by atomic mass is 35.5. The highest BCUT2D eigenvalue weighted by molar-refractivity contribution is 7.92. The van der Waals surface area contributed by atoms with E-state index in [0.717, 1.165) is 9.87 Å². The van der Waals surface area contributed by atoms with Crippen LogP contribution in [0.1, 0.15) is 38.8 Å². The molecule has 0 fully saturated rings. The van der Waals surface area contributed by atoms with Gasteiger partial charge in [0.2, 0.25) is 11.8 Å². The van der Waals surface area contributed by atoms with Gasteiger partial charge in [0.25, 0.3) is 10.0 Å². The van der Waals surface area contributed by atoms with Gasteiger partial charge in [0.1, 0.15) is 12.6 Å². The Labute approximate surface area is 251 Å². The minimum atomic E-state index is -4.28. The number of carbonyl (C=O) groups excluding carboxylic acids is 2. The maximum atomic E-state index is 14.0. The molecule has 214 valence electrons. The third-order valence-electron chi connectivity index (χ3n) is 6.05.